The highest BCUT2D eigenvalue weighted by molar-refractivity contribution is 4.82. The van der Waals surface area contributed by atoms with Crippen molar-refractivity contribution in [1.82, 2.24) is 0 Å². The molecular weight excluding hydrogens is 152 g/mol. The van der Waals surface area contributed by atoms with Crippen molar-refractivity contribution >= 4 is 0 Å². The van der Waals surface area contributed by atoms with E-state index >= 15 is 0 Å². The molecule has 0 aromatic carbocycles. The number of hydrogen-bond acceptors (Lipinski definition) is 2. The van der Waals surface area contributed by atoms with Gasteiger partial charge < -0.3 is 9.84 Å². The lowest BCUT2D eigenvalue weighted by Crippen LogP contribution is -2.30. The lowest BCUT2D eigenvalue weighted by molar-refractivity contribution is 0.0275. The Morgan fingerprint density at radius 3 is 2.58 bits per heavy atom. The molecule has 1 fully saturated rings. The highest BCUT2D eigenvalue weighted by Gasteiger charge is 2.30. The first-order chi connectivity index (χ1) is 5.70. The van der Waals surface area contributed by atoms with Crippen LogP contribution in [0.1, 0.15) is 32.6 Å². The average Bonchev–Trinajstić information content (AvgIpc) is 2.10. The van der Waals surface area contributed by atoms with Crippen LogP contribution in [0.15, 0.2) is 12.8 Å². The lowest BCUT2D eigenvalue weighted by Gasteiger charge is -2.35. The molecule has 2 heteroatoms. The molecule has 0 aromatic rings. The van der Waals surface area contributed by atoms with E-state index in [-0.39, 0.29) is 5.41 Å². The standard InChI is InChI=1S/C10H18O2/c1-3-12-9-4-6-10(2,8-11)7-5-9/h3,9,11H,1,4-8H2,2H3. The van der Waals surface area contributed by atoms with E-state index in [9.17, 15) is 0 Å². The molecule has 0 atom stereocenters. The van der Waals surface area contributed by atoms with Gasteiger partial charge in [0, 0.05) is 6.61 Å². The molecule has 0 bridgehead atoms. The molecule has 0 aromatic heterocycles. The summed E-state index contributed by atoms with van der Waals surface area (Å²) in [5.74, 6) is 0. The minimum atomic E-state index is 0.140. The van der Waals surface area contributed by atoms with Gasteiger partial charge in [0.15, 0.2) is 0 Å². The summed E-state index contributed by atoms with van der Waals surface area (Å²) in [6.07, 6.45) is 6.06. The summed E-state index contributed by atoms with van der Waals surface area (Å²) in [4.78, 5) is 0. The second kappa shape index (κ2) is 3.94. The Labute approximate surface area is 74.2 Å². The normalized spacial score (nSPS) is 36.0. The van der Waals surface area contributed by atoms with E-state index in [4.69, 9.17) is 9.84 Å². The first-order valence-corrected chi connectivity index (χ1v) is 4.57. The van der Waals surface area contributed by atoms with Crippen LogP contribution in [0, 0.1) is 5.41 Å². The van der Waals surface area contributed by atoms with E-state index in [1.807, 2.05) is 0 Å². The molecule has 0 saturated heterocycles. The van der Waals surface area contributed by atoms with Crippen LogP contribution in [0.3, 0.4) is 0 Å². The summed E-state index contributed by atoms with van der Waals surface area (Å²) in [6, 6.07) is 0. The third kappa shape index (κ3) is 2.24. The maximum absolute atomic E-state index is 9.11. The Hall–Kier alpha value is -0.500. The van der Waals surface area contributed by atoms with Gasteiger partial charge in [-0.05, 0) is 31.1 Å². The fraction of sp³-hybridized carbons (Fsp3) is 0.800. The fourth-order valence-electron chi connectivity index (χ4n) is 1.72. The molecule has 12 heavy (non-hydrogen) atoms. The zero-order chi connectivity index (χ0) is 9.03. The van der Waals surface area contributed by atoms with E-state index in [0.29, 0.717) is 12.7 Å². The molecule has 1 saturated carbocycles. The van der Waals surface area contributed by atoms with Crippen LogP contribution >= 0.6 is 0 Å². The van der Waals surface area contributed by atoms with Gasteiger partial charge in [0.2, 0.25) is 0 Å². The van der Waals surface area contributed by atoms with Gasteiger partial charge in [-0.15, -0.1) is 0 Å². The SMILES string of the molecule is C=COC1CCC(C)(CO)CC1. The number of rotatable bonds is 3. The van der Waals surface area contributed by atoms with Gasteiger partial charge in [0.05, 0.1) is 12.4 Å². The molecule has 0 heterocycles. The molecule has 0 spiro atoms. The lowest BCUT2D eigenvalue weighted by atomic mass is 9.75. The summed E-state index contributed by atoms with van der Waals surface area (Å²) in [5.41, 5.74) is 0.140. The quantitative estimate of drug-likeness (QED) is 0.657. The highest BCUT2D eigenvalue weighted by Crippen LogP contribution is 2.36. The van der Waals surface area contributed by atoms with Gasteiger partial charge in [-0.1, -0.05) is 13.5 Å². The van der Waals surface area contributed by atoms with Crippen molar-refractivity contribution in [2.24, 2.45) is 5.41 Å². The van der Waals surface area contributed by atoms with E-state index in [1.165, 1.54) is 6.26 Å². The predicted octanol–water partition coefficient (Wildman–Crippen LogP) is 2.09. The van der Waals surface area contributed by atoms with Crippen LogP contribution < -0.4 is 0 Å². The average molecular weight is 170 g/mol. The van der Waals surface area contributed by atoms with Gasteiger partial charge in [0.1, 0.15) is 0 Å². The fourth-order valence-corrected chi connectivity index (χ4v) is 1.72. The van der Waals surface area contributed by atoms with Crippen molar-refractivity contribution in [2.45, 2.75) is 38.7 Å². The molecule has 2 nitrogen and oxygen atoms in total. The summed E-state index contributed by atoms with van der Waals surface area (Å²) in [5, 5.41) is 9.11. The third-order valence-electron chi connectivity index (χ3n) is 2.81. The number of ether oxygens (including phenoxy) is 1. The summed E-state index contributed by atoms with van der Waals surface area (Å²) >= 11 is 0. The van der Waals surface area contributed by atoms with Crippen LogP contribution in [0.4, 0.5) is 0 Å². The monoisotopic (exact) mass is 170 g/mol. The molecule has 0 aliphatic heterocycles. The first kappa shape index (κ1) is 9.59. The topological polar surface area (TPSA) is 29.5 Å². The van der Waals surface area contributed by atoms with Gasteiger partial charge in [-0.25, -0.2) is 0 Å². The molecule has 1 aliphatic carbocycles. The van der Waals surface area contributed by atoms with Crippen molar-refractivity contribution in [2.75, 3.05) is 6.61 Å². The van der Waals surface area contributed by atoms with Gasteiger partial charge in [0.25, 0.3) is 0 Å². The Bertz CT molecular complexity index is 146. The summed E-state index contributed by atoms with van der Waals surface area (Å²) in [7, 11) is 0. The highest BCUT2D eigenvalue weighted by atomic mass is 16.5. The molecular formula is C10H18O2. The predicted molar refractivity (Wildman–Crippen MR) is 48.7 cm³/mol. The molecule has 1 rings (SSSR count). The number of aliphatic hydroxyl groups is 1. The van der Waals surface area contributed by atoms with Crippen molar-refractivity contribution in [1.29, 1.82) is 0 Å². The van der Waals surface area contributed by atoms with Crippen LogP contribution in [0.2, 0.25) is 0 Å². The zero-order valence-electron chi connectivity index (χ0n) is 7.75. The van der Waals surface area contributed by atoms with E-state index < -0.39 is 0 Å². The molecule has 0 radical (unpaired) electrons. The van der Waals surface area contributed by atoms with Crippen molar-refractivity contribution in [3.05, 3.63) is 12.8 Å². The Kier molecular flexibility index (Phi) is 3.15. The Balaban J connectivity index is 2.33. The molecule has 0 unspecified atom stereocenters. The molecule has 70 valence electrons. The maximum Gasteiger partial charge on any atom is 0.0978 e. The Morgan fingerprint density at radius 1 is 1.58 bits per heavy atom. The van der Waals surface area contributed by atoms with E-state index in [0.717, 1.165) is 25.7 Å². The summed E-state index contributed by atoms with van der Waals surface area (Å²) in [6.45, 7) is 5.98. The smallest absolute Gasteiger partial charge is 0.0978 e. The van der Waals surface area contributed by atoms with Gasteiger partial charge in [-0.2, -0.15) is 0 Å². The van der Waals surface area contributed by atoms with Crippen molar-refractivity contribution < 1.29 is 9.84 Å². The van der Waals surface area contributed by atoms with Gasteiger partial charge >= 0.3 is 0 Å². The second-order valence-electron chi connectivity index (χ2n) is 3.97. The van der Waals surface area contributed by atoms with E-state index in [1.54, 1.807) is 0 Å². The van der Waals surface area contributed by atoms with Crippen LogP contribution in [0.5, 0.6) is 0 Å². The largest absolute Gasteiger partial charge is 0.499 e. The Morgan fingerprint density at radius 2 is 2.17 bits per heavy atom. The second-order valence-corrected chi connectivity index (χ2v) is 3.97. The zero-order valence-corrected chi connectivity index (χ0v) is 7.75. The minimum Gasteiger partial charge on any atom is -0.499 e. The van der Waals surface area contributed by atoms with Crippen LogP contribution in [-0.2, 0) is 4.74 Å². The summed E-state index contributed by atoms with van der Waals surface area (Å²) < 4.78 is 5.30. The van der Waals surface area contributed by atoms with Gasteiger partial charge in [-0.3, -0.25) is 0 Å². The van der Waals surface area contributed by atoms with Crippen LogP contribution in [0.25, 0.3) is 0 Å². The molecule has 1 aliphatic rings. The van der Waals surface area contributed by atoms with Crippen molar-refractivity contribution in [3.8, 4) is 0 Å². The van der Waals surface area contributed by atoms with Crippen LogP contribution in [-0.4, -0.2) is 17.8 Å². The van der Waals surface area contributed by atoms with E-state index in [2.05, 4.69) is 13.5 Å². The van der Waals surface area contributed by atoms with Crippen molar-refractivity contribution in [3.63, 3.8) is 0 Å². The minimum absolute atomic E-state index is 0.140. The molecule has 1 N–H and O–H groups in total. The molecule has 0 amide bonds. The maximum atomic E-state index is 9.11. The number of hydrogen-bond donors (Lipinski definition) is 1. The number of aliphatic hydroxyl groups excluding tert-OH is 1. The first-order valence-electron chi connectivity index (χ1n) is 4.57. The third-order valence-corrected chi connectivity index (χ3v) is 2.81.